The largest absolute Gasteiger partial charge is 0.547 e. The van der Waals surface area contributed by atoms with Crippen LogP contribution in [0.4, 0.5) is 0 Å². The predicted octanol–water partition coefficient (Wildman–Crippen LogP) is -1.79. The number of fused-ring (bicyclic) bond motifs is 3. The first-order valence-electron chi connectivity index (χ1n) is 16.3. The van der Waals surface area contributed by atoms with Crippen LogP contribution in [0.25, 0.3) is 0 Å². The summed E-state index contributed by atoms with van der Waals surface area (Å²) in [6.45, 7) is 6.36. The van der Waals surface area contributed by atoms with Crippen molar-refractivity contribution in [2.24, 2.45) is 0 Å². The Morgan fingerprint density at radius 1 is 1.06 bits per heavy atom. The molecule has 5 N–H and O–H groups in total. The highest BCUT2D eigenvalue weighted by atomic mass is 16.7. The SMILES string of the molecule is CC(=O)[C@H](O)[C@@H](O)C(=O)[O-].COC(=O)C[C@@](O)(CCCC(C)(C)O)C(=O)O[C@@H]1C(OC)=C[C@]23CCC[NH+]2CCc2cc4c(cc2[C@H]13)OCO4. The van der Waals surface area contributed by atoms with Crippen molar-refractivity contribution in [1.82, 2.24) is 0 Å². The Kier molecular flexibility index (Phi) is 11.7. The van der Waals surface area contributed by atoms with Crippen LogP contribution in [0.1, 0.15) is 76.3 Å². The van der Waals surface area contributed by atoms with Gasteiger partial charge in [0.2, 0.25) is 6.79 Å². The van der Waals surface area contributed by atoms with E-state index in [1.165, 1.54) is 12.0 Å². The summed E-state index contributed by atoms with van der Waals surface area (Å²) in [4.78, 5) is 47.4. The van der Waals surface area contributed by atoms with Crippen LogP contribution >= 0.6 is 0 Å². The monoisotopic (exact) mass is 693 g/mol. The van der Waals surface area contributed by atoms with E-state index in [9.17, 15) is 34.5 Å². The molecule has 0 bridgehead atoms. The zero-order chi connectivity index (χ0) is 36.3. The number of esters is 2. The third kappa shape index (κ3) is 8.18. The van der Waals surface area contributed by atoms with E-state index in [2.05, 4.69) is 6.08 Å². The van der Waals surface area contributed by atoms with Crippen LogP contribution in [-0.2, 0) is 39.8 Å². The predicted molar refractivity (Wildman–Crippen MR) is 166 cm³/mol. The van der Waals surface area contributed by atoms with Crippen molar-refractivity contribution in [3.05, 3.63) is 35.1 Å². The molecule has 1 fully saturated rings. The number of hydrogen-bond donors (Lipinski definition) is 5. The maximum atomic E-state index is 13.8. The average molecular weight is 694 g/mol. The summed E-state index contributed by atoms with van der Waals surface area (Å²) >= 11 is 0. The first-order chi connectivity index (χ1) is 23.0. The molecule has 0 aromatic heterocycles. The fourth-order valence-electron chi connectivity index (χ4n) is 7.27. The molecule has 1 spiro atoms. The van der Waals surface area contributed by atoms with Gasteiger partial charge in [0.05, 0.1) is 51.2 Å². The van der Waals surface area contributed by atoms with Crippen LogP contribution in [-0.4, -0.2) is 113 Å². The number of methoxy groups -OCH3 is 2. The molecule has 7 atom stereocenters. The van der Waals surface area contributed by atoms with Gasteiger partial charge in [0.1, 0.15) is 23.5 Å². The molecule has 1 saturated heterocycles. The van der Waals surface area contributed by atoms with Gasteiger partial charge >= 0.3 is 11.9 Å². The van der Waals surface area contributed by atoms with Gasteiger partial charge in [-0.15, -0.1) is 0 Å². The summed E-state index contributed by atoms with van der Waals surface area (Å²) in [5, 5.41) is 48.4. The van der Waals surface area contributed by atoms with Gasteiger partial charge in [-0.1, -0.05) is 0 Å². The summed E-state index contributed by atoms with van der Waals surface area (Å²) in [7, 11) is 2.77. The highest BCUT2D eigenvalue weighted by molar-refractivity contribution is 5.87. The molecule has 49 heavy (non-hydrogen) atoms. The van der Waals surface area contributed by atoms with Gasteiger partial charge in [-0.25, -0.2) is 4.79 Å². The number of Topliss-reactive ketones (excluding diaryl/α,β-unsaturated/α-hetero) is 1. The number of carbonyl (C=O) groups excluding carboxylic acids is 4. The molecule has 0 amide bonds. The van der Waals surface area contributed by atoms with Crippen LogP contribution in [0.5, 0.6) is 11.5 Å². The van der Waals surface area contributed by atoms with Gasteiger partial charge in [0.15, 0.2) is 29.0 Å². The number of aliphatic hydroxyl groups is 4. The Morgan fingerprint density at radius 3 is 2.31 bits per heavy atom. The summed E-state index contributed by atoms with van der Waals surface area (Å²) in [5.41, 5.74) is -1.29. The highest BCUT2D eigenvalue weighted by Crippen LogP contribution is 2.50. The summed E-state index contributed by atoms with van der Waals surface area (Å²) in [5.74, 6) is -2.64. The van der Waals surface area contributed by atoms with E-state index in [1.54, 1.807) is 21.0 Å². The molecule has 0 saturated carbocycles. The molecule has 15 heteroatoms. The number of carboxylic acid groups (broad SMARTS) is 1. The molecule has 272 valence electrons. The molecule has 15 nitrogen and oxygen atoms in total. The van der Waals surface area contributed by atoms with Crippen molar-refractivity contribution < 1.29 is 73.3 Å². The molecule has 4 aliphatic rings. The zero-order valence-electron chi connectivity index (χ0n) is 28.5. The van der Waals surface area contributed by atoms with Crippen molar-refractivity contribution in [1.29, 1.82) is 0 Å². The van der Waals surface area contributed by atoms with E-state index in [-0.39, 0.29) is 24.7 Å². The molecular weight excluding hydrogens is 646 g/mol. The minimum atomic E-state index is -2.13. The second-order valence-corrected chi connectivity index (χ2v) is 13.7. The number of quaternary nitrogens is 1. The molecule has 1 unspecified atom stereocenters. The van der Waals surface area contributed by atoms with E-state index < -0.39 is 59.6 Å². The van der Waals surface area contributed by atoms with Crippen molar-refractivity contribution >= 4 is 23.7 Å². The fourth-order valence-corrected chi connectivity index (χ4v) is 7.27. The lowest BCUT2D eigenvalue weighted by Crippen LogP contribution is -3.18. The van der Waals surface area contributed by atoms with Crippen molar-refractivity contribution in [2.75, 3.05) is 34.1 Å². The first kappa shape index (κ1) is 38.0. The number of nitrogens with one attached hydrogen (secondary N) is 1. The standard InChI is InChI=1S/C29H39NO9.C5H8O5/c1-27(2,33)8-5-10-29(34,16-23(31)36-4)26(32)39-25-22(35-3)15-28-9-6-11-30(28)12-7-18-13-20-21(38-17-37-20)14-19(18)24(25)28;1-2(6)3(7)4(8)5(9)10/h13-15,24-25,33-34H,5-12,16-17H2,1-4H3;3-4,7-8H,1H3,(H,9,10)/t24-,25-,28+,29+;3-,4+/m10/s1. The van der Waals surface area contributed by atoms with Crippen molar-refractivity contribution in [2.45, 2.75) is 107 Å². The minimum absolute atomic E-state index is 0.0634. The van der Waals surface area contributed by atoms with E-state index in [0.717, 1.165) is 50.4 Å². The Bertz CT molecular complexity index is 1430. The van der Waals surface area contributed by atoms with Crippen LogP contribution in [0.2, 0.25) is 0 Å². The summed E-state index contributed by atoms with van der Waals surface area (Å²) in [6, 6.07) is 4.03. The Hall–Kier alpha value is -3.76. The van der Waals surface area contributed by atoms with E-state index in [1.807, 2.05) is 12.1 Å². The number of ether oxygens (including phenoxy) is 5. The van der Waals surface area contributed by atoms with Crippen LogP contribution in [0.15, 0.2) is 24.0 Å². The van der Waals surface area contributed by atoms with Gasteiger partial charge in [-0.05, 0) is 63.3 Å². The topological polar surface area (TPSA) is 223 Å². The number of carboxylic acids is 1. The molecule has 1 aromatic rings. The molecule has 3 aliphatic heterocycles. The van der Waals surface area contributed by atoms with Gasteiger partial charge in [-0.3, -0.25) is 9.59 Å². The number of carbonyl (C=O) groups is 4. The van der Waals surface area contributed by atoms with Gasteiger partial charge in [-0.2, -0.15) is 0 Å². The second-order valence-electron chi connectivity index (χ2n) is 13.7. The minimum Gasteiger partial charge on any atom is -0.547 e. The average Bonchev–Trinajstić information content (AvgIpc) is 3.73. The highest BCUT2D eigenvalue weighted by Gasteiger charge is 2.62. The lowest BCUT2D eigenvalue weighted by Gasteiger charge is -2.37. The van der Waals surface area contributed by atoms with Crippen LogP contribution in [0.3, 0.4) is 0 Å². The van der Waals surface area contributed by atoms with Crippen molar-refractivity contribution in [3.63, 3.8) is 0 Å². The molecule has 1 aliphatic carbocycles. The first-order valence-corrected chi connectivity index (χ1v) is 16.3. The number of aliphatic hydroxyl groups excluding tert-OH is 2. The normalized spacial score (nSPS) is 25.8. The maximum Gasteiger partial charge on any atom is 0.339 e. The Labute approximate surface area is 284 Å². The maximum absolute atomic E-state index is 13.8. The van der Waals surface area contributed by atoms with Crippen molar-refractivity contribution in [3.8, 4) is 11.5 Å². The van der Waals surface area contributed by atoms with E-state index in [0.29, 0.717) is 30.1 Å². The quantitative estimate of drug-likeness (QED) is 0.153. The smallest absolute Gasteiger partial charge is 0.339 e. The zero-order valence-corrected chi connectivity index (χ0v) is 28.5. The lowest BCUT2D eigenvalue weighted by atomic mass is 9.77. The lowest BCUT2D eigenvalue weighted by molar-refractivity contribution is -0.932. The fraction of sp³-hybridized carbons (Fsp3) is 0.647. The Balaban J connectivity index is 0.000000471. The summed E-state index contributed by atoms with van der Waals surface area (Å²) < 4.78 is 28.1. The van der Waals surface area contributed by atoms with E-state index >= 15 is 0 Å². The van der Waals surface area contributed by atoms with Gasteiger partial charge in [0.25, 0.3) is 0 Å². The molecule has 0 radical (unpaired) electrons. The van der Waals surface area contributed by atoms with Gasteiger partial charge < -0.3 is 58.9 Å². The number of aliphatic carboxylic acids is 1. The molecule has 5 rings (SSSR count). The second kappa shape index (κ2) is 15.0. The van der Waals surface area contributed by atoms with Gasteiger partial charge in [0, 0.05) is 25.3 Å². The molecular formula is C34H47NO14. The molecule has 1 aromatic carbocycles. The third-order valence-electron chi connectivity index (χ3n) is 9.78. The van der Waals surface area contributed by atoms with Crippen LogP contribution < -0.4 is 19.5 Å². The summed E-state index contributed by atoms with van der Waals surface area (Å²) in [6.07, 6.45) is 0.117. The third-order valence-corrected chi connectivity index (χ3v) is 9.78. The Morgan fingerprint density at radius 2 is 1.73 bits per heavy atom. The van der Waals surface area contributed by atoms with E-state index in [4.69, 9.17) is 33.9 Å². The van der Waals surface area contributed by atoms with Crippen LogP contribution in [0, 0.1) is 0 Å². The number of ketones is 1. The number of hydrogen-bond acceptors (Lipinski definition) is 14. The molecule has 3 heterocycles. The number of benzene rings is 1. The number of rotatable bonds is 12.